The number of amides is 1. The molecule has 4 heteroatoms. The first-order chi connectivity index (χ1) is 8.54. The maximum absolute atomic E-state index is 11.8. The van der Waals surface area contributed by atoms with Gasteiger partial charge >= 0.3 is 0 Å². The van der Waals surface area contributed by atoms with Gasteiger partial charge in [-0.3, -0.25) is 4.79 Å². The molecule has 1 aromatic carbocycles. The molecule has 0 spiro atoms. The van der Waals surface area contributed by atoms with Crippen molar-refractivity contribution >= 4 is 23.6 Å². The van der Waals surface area contributed by atoms with E-state index in [9.17, 15) is 4.79 Å². The molecule has 0 heterocycles. The Bertz CT molecular complexity index is 443. The summed E-state index contributed by atoms with van der Waals surface area (Å²) in [5.74, 6) is -0.143. The van der Waals surface area contributed by atoms with E-state index in [1.54, 1.807) is 19.1 Å². The van der Waals surface area contributed by atoms with Gasteiger partial charge in [0.25, 0.3) is 0 Å². The van der Waals surface area contributed by atoms with E-state index < -0.39 is 0 Å². The van der Waals surface area contributed by atoms with Crippen LogP contribution in [0.2, 0.25) is 5.02 Å². The summed E-state index contributed by atoms with van der Waals surface area (Å²) in [6, 6.07) is 7.32. The molecule has 0 aliphatic carbocycles. The molecule has 3 nitrogen and oxygen atoms in total. The van der Waals surface area contributed by atoms with Crippen LogP contribution in [0, 0.1) is 0 Å². The molecule has 0 aromatic heterocycles. The summed E-state index contributed by atoms with van der Waals surface area (Å²) in [6.45, 7) is 3.66. The number of carbonyl (C=O) groups excluding carboxylic acids is 1. The zero-order valence-corrected chi connectivity index (χ0v) is 11.4. The highest BCUT2D eigenvalue weighted by atomic mass is 35.5. The normalized spacial score (nSPS) is 13.2. The van der Waals surface area contributed by atoms with Crippen molar-refractivity contribution in [3.63, 3.8) is 0 Å². The number of benzene rings is 1. The molecule has 1 atom stereocenters. The van der Waals surface area contributed by atoms with E-state index in [1.165, 1.54) is 0 Å². The maximum Gasteiger partial charge on any atom is 0.247 e. The van der Waals surface area contributed by atoms with Crippen LogP contribution in [-0.2, 0) is 4.79 Å². The predicted molar refractivity (Wildman–Crippen MR) is 74.4 cm³/mol. The molecule has 1 unspecified atom stereocenters. The Kier molecular flexibility index (Phi) is 5.89. The summed E-state index contributed by atoms with van der Waals surface area (Å²) in [5.41, 5.74) is 1.41. The monoisotopic (exact) mass is 267 g/mol. The molecule has 0 fully saturated rings. The van der Waals surface area contributed by atoms with E-state index in [-0.39, 0.29) is 18.6 Å². The van der Waals surface area contributed by atoms with Gasteiger partial charge in [-0.2, -0.15) is 0 Å². The van der Waals surface area contributed by atoms with Crippen LogP contribution in [0.25, 0.3) is 6.08 Å². The molecule has 0 bridgehead atoms. The summed E-state index contributed by atoms with van der Waals surface area (Å²) in [7, 11) is 0. The Labute approximate surface area is 112 Å². The Balaban J connectivity index is 2.72. The zero-order valence-electron chi connectivity index (χ0n) is 10.6. The Hall–Kier alpha value is -1.32. The minimum atomic E-state index is -0.143. The average molecular weight is 268 g/mol. The van der Waals surface area contributed by atoms with Gasteiger partial charge in [-0.25, -0.2) is 0 Å². The number of hydrogen-bond acceptors (Lipinski definition) is 2. The molecule has 0 saturated carbocycles. The molecular weight excluding hydrogens is 250 g/mol. The third-order valence-corrected chi connectivity index (χ3v) is 2.92. The van der Waals surface area contributed by atoms with E-state index in [4.69, 9.17) is 16.7 Å². The predicted octanol–water partition coefficient (Wildman–Crippen LogP) is 2.63. The largest absolute Gasteiger partial charge is 0.396 e. The van der Waals surface area contributed by atoms with Gasteiger partial charge in [0.2, 0.25) is 5.91 Å². The first-order valence-electron chi connectivity index (χ1n) is 5.89. The zero-order chi connectivity index (χ0) is 13.5. The number of halogens is 1. The van der Waals surface area contributed by atoms with Crippen molar-refractivity contribution in [3.8, 4) is 0 Å². The summed E-state index contributed by atoms with van der Waals surface area (Å²) in [4.78, 5) is 11.8. The van der Waals surface area contributed by atoms with Crippen LogP contribution in [0.5, 0.6) is 0 Å². The van der Waals surface area contributed by atoms with Crippen LogP contribution in [0.15, 0.2) is 29.8 Å². The second-order valence-corrected chi connectivity index (χ2v) is 4.64. The van der Waals surface area contributed by atoms with E-state index in [1.807, 2.05) is 25.1 Å². The summed E-state index contributed by atoms with van der Waals surface area (Å²) < 4.78 is 0. The lowest BCUT2D eigenvalue weighted by molar-refractivity contribution is -0.118. The summed E-state index contributed by atoms with van der Waals surface area (Å²) in [6.07, 6.45) is 2.30. The number of aliphatic hydroxyl groups is 1. The number of rotatable bonds is 5. The van der Waals surface area contributed by atoms with Gasteiger partial charge in [0, 0.05) is 23.2 Å². The number of aliphatic hydroxyl groups excluding tert-OH is 1. The van der Waals surface area contributed by atoms with Gasteiger partial charge in [-0.1, -0.05) is 29.8 Å². The van der Waals surface area contributed by atoms with Gasteiger partial charge in [0.15, 0.2) is 0 Å². The lowest BCUT2D eigenvalue weighted by atomic mass is 10.1. The lowest BCUT2D eigenvalue weighted by Gasteiger charge is -2.12. The number of nitrogens with one attached hydrogen (secondary N) is 1. The van der Waals surface area contributed by atoms with Gasteiger partial charge in [0.05, 0.1) is 0 Å². The van der Waals surface area contributed by atoms with Crippen molar-refractivity contribution in [2.45, 2.75) is 26.3 Å². The fraction of sp³-hybridized carbons (Fsp3) is 0.357. The van der Waals surface area contributed by atoms with E-state index in [0.717, 1.165) is 5.56 Å². The molecule has 98 valence electrons. The first kappa shape index (κ1) is 14.7. The topological polar surface area (TPSA) is 49.3 Å². The Morgan fingerprint density at radius 2 is 2.17 bits per heavy atom. The molecule has 1 aromatic rings. The van der Waals surface area contributed by atoms with E-state index >= 15 is 0 Å². The highest BCUT2D eigenvalue weighted by Gasteiger charge is 2.09. The quantitative estimate of drug-likeness (QED) is 0.806. The van der Waals surface area contributed by atoms with Crippen molar-refractivity contribution in [2.75, 3.05) is 6.61 Å². The van der Waals surface area contributed by atoms with Gasteiger partial charge < -0.3 is 10.4 Å². The highest BCUT2D eigenvalue weighted by Crippen LogP contribution is 2.18. The lowest BCUT2D eigenvalue weighted by Crippen LogP contribution is -2.33. The summed E-state index contributed by atoms with van der Waals surface area (Å²) in [5, 5.41) is 12.2. The second-order valence-electron chi connectivity index (χ2n) is 4.24. The SMILES string of the molecule is C/C(=C\c1ccccc1Cl)C(=O)NC(C)CCO. The molecule has 2 N–H and O–H groups in total. The molecule has 0 aliphatic heterocycles. The summed E-state index contributed by atoms with van der Waals surface area (Å²) >= 11 is 6.02. The van der Waals surface area contributed by atoms with Gasteiger partial charge in [-0.05, 0) is 38.0 Å². The van der Waals surface area contributed by atoms with Crippen molar-refractivity contribution in [2.24, 2.45) is 0 Å². The van der Waals surface area contributed by atoms with Crippen LogP contribution in [-0.4, -0.2) is 23.7 Å². The van der Waals surface area contributed by atoms with Crippen LogP contribution in [0.1, 0.15) is 25.8 Å². The van der Waals surface area contributed by atoms with Crippen molar-refractivity contribution in [1.82, 2.24) is 5.32 Å². The van der Waals surface area contributed by atoms with Crippen molar-refractivity contribution < 1.29 is 9.90 Å². The second kappa shape index (κ2) is 7.19. The molecular formula is C14H18ClNO2. The van der Waals surface area contributed by atoms with Crippen molar-refractivity contribution in [3.05, 3.63) is 40.4 Å². The van der Waals surface area contributed by atoms with Crippen LogP contribution in [0.3, 0.4) is 0 Å². The van der Waals surface area contributed by atoms with Crippen LogP contribution >= 0.6 is 11.6 Å². The van der Waals surface area contributed by atoms with E-state index in [2.05, 4.69) is 5.32 Å². The number of hydrogen-bond donors (Lipinski definition) is 2. The average Bonchev–Trinajstić information content (AvgIpc) is 2.32. The Morgan fingerprint density at radius 3 is 2.78 bits per heavy atom. The molecule has 0 saturated heterocycles. The maximum atomic E-state index is 11.8. The van der Waals surface area contributed by atoms with Crippen LogP contribution in [0.4, 0.5) is 0 Å². The third kappa shape index (κ3) is 4.51. The molecule has 18 heavy (non-hydrogen) atoms. The van der Waals surface area contributed by atoms with Crippen LogP contribution < -0.4 is 5.32 Å². The molecule has 1 rings (SSSR count). The van der Waals surface area contributed by atoms with Gasteiger partial charge in [0.1, 0.15) is 0 Å². The number of carbonyl (C=O) groups is 1. The van der Waals surface area contributed by atoms with Crippen molar-refractivity contribution in [1.29, 1.82) is 0 Å². The smallest absolute Gasteiger partial charge is 0.247 e. The third-order valence-electron chi connectivity index (χ3n) is 2.57. The van der Waals surface area contributed by atoms with Gasteiger partial charge in [-0.15, -0.1) is 0 Å². The standard InChI is InChI=1S/C14H18ClNO2/c1-10(14(18)16-11(2)7-8-17)9-12-5-3-4-6-13(12)15/h3-6,9,11,17H,7-8H2,1-2H3,(H,16,18)/b10-9+. The fourth-order valence-corrected chi connectivity index (χ4v) is 1.68. The Morgan fingerprint density at radius 1 is 1.50 bits per heavy atom. The van der Waals surface area contributed by atoms with E-state index in [0.29, 0.717) is 17.0 Å². The highest BCUT2D eigenvalue weighted by molar-refractivity contribution is 6.32. The minimum Gasteiger partial charge on any atom is -0.396 e. The molecule has 0 aliphatic rings. The minimum absolute atomic E-state index is 0.0444. The fourth-order valence-electron chi connectivity index (χ4n) is 1.49. The molecule has 1 amide bonds. The first-order valence-corrected chi connectivity index (χ1v) is 6.27. The molecule has 0 radical (unpaired) electrons.